The van der Waals surface area contributed by atoms with E-state index in [9.17, 15) is 0 Å². The van der Waals surface area contributed by atoms with Gasteiger partial charge in [-0.05, 0) is 30.5 Å². The summed E-state index contributed by atoms with van der Waals surface area (Å²) in [5.74, 6) is 0. The second-order valence-electron chi connectivity index (χ2n) is 5.27. The Hall–Kier alpha value is -0.640. The van der Waals surface area contributed by atoms with Gasteiger partial charge in [0.05, 0.1) is 6.04 Å². The minimum absolute atomic E-state index is 0.225. The van der Waals surface area contributed by atoms with Crippen molar-refractivity contribution in [1.29, 1.82) is 0 Å². The van der Waals surface area contributed by atoms with Crippen LogP contribution in [0.3, 0.4) is 0 Å². The molecule has 1 unspecified atom stereocenters. The third kappa shape index (κ3) is 4.26. The number of hydrogen-bond donors (Lipinski definition) is 2. The normalized spacial score (nSPS) is 13.6. The Labute approximate surface area is 109 Å². The van der Waals surface area contributed by atoms with Crippen molar-refractivity contribution in [3.8, 4) is 0 Å². The zero-order valence-corrected chi connectivity index (χ0v) is 11.9. The maximum absolute atomic E-state index is 5.82. The first-order chi connectivity index (χ1) is 7.99. The molecule has 96 valence electrons. The van der Waals surface area contributed by atoms with E-state index in [2.05, 4.69) is 44.8 Å². The summed E-state index contributed by atoms with van der Waals surface area (Å²) >= 11 is 1.86. The fourth-order valence-electron chi connectivity index (χ4n) is 1.60. The Morgan fingerprint density at radius 1 is 1.47 bits per heavy atom. The highest BCUT2D eigenvalue weighted by molar-refractivity contribution is 7.12. The molecule has 1 rings (SSSR count). The first-order valence-corrected chi connectivity index (χ1v) is 6.95. The largest absolute Gasteiger partial charge is 0.329 e. The summed E-state index contributed by atoms with van der Waals surface area (Å²) in [6.07, 6.45) is 2.91. The van der Waals surface area contributed by atoms with Gasteiger partial charge in [-0.1, -0.05) is 26.8 Å². The first-order valence-electron chi connectivity index (χ1n) is 6.13. The van der Waals surface area contributed by atoms with Gasteiger partial charge in [0.1, 0.15) is 0 Å². The van der Waals surface area contributed by atoms with Gasteiger partial charge < -0.3 is 11.1 Å². The lowest BCUT2D eigenvalue weighted by Gasteiger charge is -2.17. The molecule has 0 aromatic carbocycles. The van der Waals surface area contributed by atoms with Crippen LogP contribution in [0.1, 0.15) is 43.0 Å². The van der Waals surface area contributed by atoms with Crippen LogP contribution >= 0.6 is 11.3 Å². The molecular formula is C14H24N2S. The summed E-state index contributed by atoms with van der Waals surface area (Å²) in [7, 11) is 0. The van der Waals surface area contributed by atoms with Gasteiger partial charge in [-0.15, -0.1) is 17.9 Å². The smallest absolute Gasteiger partial charge is 0.0539 e. The number of thiophene rings is 1. The molecule has 1 aromatic rings. The van der Waals surface area contributed by atoms with Gasteiger partial charge in [-0.2, -0.15) is 0 Å². The second kappa shape index (κ2) is 6.34. The van der Waals surface area contributed by atoms with Gasteiger partial charge in [-0.25, -0.2) is 0 Å². The topological polar surface area (TPSA) is 38.0 Å². The van der Waals surface area contributed by atoms with Crippen molar-refractivity contribution in [2.45, 2.75) is 38.6 Å². The highest BCUT2D eigenvalue weighted by Gasteiger charge is 2.18. The Balaban J connectivity index is 2.69. The molecule has 0 bridgehead atoms. The van der Waals surface area contributed by atoms with E-state index in [0.29, 0.717) is 6.54 Å². The molecule has 0 saturated carbocycles. The van der Waals surface area contributed by atoms with E-state index in [1.54, 1.807) is 0 Å². The summed E-state index contributed by atoms with van der Waals surface area (Å²) in [6, 6.07) is 4.69. The van der Waals surface area contributed by atoms with E-state index in [-0.39, 0.29) is 11.5 Å². The first kappa shape index (κ1) is 14.4. The van der Waals surface area contributed by atoms with Crippen molar-refractivity contribution in [2.75, 3.05) is 13.1 Å². The monoisotopic (exact) mass is 252 g/mol. The fraction of sp³-hybridized carbons (Fsp3) is 0.571. The number of nitrogens with one attached hydrogen (secondary N) is 1. The lowest BCUT2D eigenvalue weighted by Crippen LogP contribution is -2.28. The predicted molar refractivity (Wildman–Crippen MR) is 77.6 cm³/mol. The molecule has 1 heterocycles. The van der Waals surface area contributed by atoms with Crippen LogP contribution in [0.15, 0.2) is 24.8 Å². The quantitative estimate of drug-likeness (QED) is 0.602. The van der Waals surface area contributed by atoms with E-state index < -0.39 is 0 Å². The summed E-state index contributed by atoms with van der Waals surface area (Å²) in [6.45, 7) is 12.0. The van der Waals surface area contributed by atoms with Crippen molar-refractivity contribution in [1.82, 2.24) is 5.32 Å². The van der Waals surface area contributed by atoms with E-state index in [0.717, 1.165) is 13.0 Å². The van der Waals surface area contributed by atoms with Crippen molar-refractivity contribution >= 4 is 11.3 Å². The van der Waals surface area contributed by atoms with Crippen LogP contribution < -0.4 is 11.1 Å². The van der Waals surface area contributed by atoms with Crippen LogP contribution in [0.2, 0.25) is 0 Å². The zero-order valence-electron chi connectivity index (χ0n) is 11.1. The molecular weight excluding hydrogens is 228 g/mol. The minimum atomic E-state index is 0.225. The van der Waals surface area contributed by atoms with E-state index in [1.807, 2.05) is 17.4 Å². The number of rotatable bonds is 6. The van der Waals surface area contributed by atoms with Gasteiger partial charge in [-0.3, -0.25) is 0 Å². The molecule has 3 N–H and O–H groups in total. The molecule has 17 heavy (non-hydrogen) atoms. The standard InChI is InChI=1S/C14H24N2S/c1-5-6-9-16-11(10-15)12-7-8-13(17-12)14(2,3)4/h5,7-8,11,16H,1,6,9-10,15H2,2-4H3. The van der Waals surface area contributed by atoms with Gasteiger partial charge in [0.2, 0.25) is 0 Å². The Morgan fingerprint density at radius 3 is 2.65 bits per heavy atom. The predicted octanol–water partition coefficient (Wildman–Crippen LogP) is 3.21. The Kier molecular flexibility index (Phi) is 5.37. The molecule has 1 aromatic heterocycles. The lowest BCUT2D eigenvalue weighted by molar-refractivity contribution is 0.556. The van der Waals surface area contributed by atoms with Crippen LogP contribution in [-0.2, 0) is 5.41 Å². The molecule has 0 saturated heterocycles. The maximum Gasteiger partial charge on any atom is 0.0539 e. The molecule has 0 aliphatic carbocycles. The lowest BCUT2D eigenvalue weighted by atomic mass is 9.95. The highest BCUT2D eigenvalue weighted by atomic mass is 32.1. The Morgan fingerprint density at radius 2 is 2.18 bits per heavy atom. The third-order valence-corrected chi connectivity index (χ3v) is 4.31. The van der Waals surface area contributed by atoms with Crippen LogP contribution in [0.25, 0.3) is 0 Å². The van der Waals surface area contributed by atoms with Gasteiger partial charge in [0, 0.05) is 16.3 Å². The van der Waals surface area contributed by atoms with Crippen molar-refractivity contribution < 1.29 is 0 Å². The van der Waals surface area contributed by atoms with Crippen LogP contribution in [-0.4, -0.2) is 13.1 Å². The van der Waals surface area contributed by atoms with E-state index in [1.165, 1.54) is 9.75 Å². The van der Waals surface area contributed by atoms with Crippen LogP contribution in [0.5, 0.6) is 0 Å². The van der Waals surface area contributed by atoms with Crippen molar-refractivity contribution in [2.24, 2.45) is 5.73 Å². The molecule has 0 aliphatic rings. The molecule has 0 spiro atoms. The van der Waals surface area contributed by atoms with Crippen molar-refractivity contribution in [3.63, 3.8) is 0 Å². The molecule has 1 atom stereocenters. The van der Waals surface area contributed by atoms with E-state index >= 15 is 0 Å². The fourth-order valence-corrected chi connectivity index (χ4v) is 2.76. The zero-order chi connectivity index (χ0) is 12.9. The SMILES string of the molecule is C=CCCNC(CN)c1ccc(C(C)(C)C)s1. The summed E-state index contributed by atoms with van der Waals surface area (Å²) in [4.78, 5) is 2.75. The summed E-state index contributed by atoms with van der Waals surface area (Å²) in [5, 5.41) is 3.47. The van der Waals surface area contributed by atoms with Crippen LogP contribution in [0.4, 0.5) is 0 Å². The minimum Gasteiger partial charge on any atom is -0.329 e. The Bertz CT molecular complexity index is 349. The molecule has 0 fully saturated rings. The summed E-state index contributed by atoms with van der Waals surface area (Å²) < 4.78 is 0. The molecule has 3 heteroatoms. The highest BCUT2D eigenvalue weighted by Crippen LogP contribution is 2.32. The number of hydrogen-bond acceptors (Lipinski definition) is 3. The average Bonchev–Trinajstić information content (AvgIpc) is 2.73. The maximum atomic E-state index is 5.82. The summed E-state index contributed by atoms with van der Waals surface area (Å²) in [5.41, 5.74) is 6.05. The second-order valence-corrected chi connectivity index (χ2v) is 6.39. The molecule has 2 nitrogen and oxygen atoms in total. The third-order valence-electron chi connectivity index (χ3n) is 2.68. The van der Waals surface area contributed by atoms with Crippen molar-refractivity contribution in [3.05, 3.63) is 34.5 Å². The number of nitrogens with two attached hydrogens (primary N) is 1. The van der Waals surface area contributed by atoms with Gasteiger partial charge in [0.25, 0.3) is 0 Å². The van der Waals surface area contributed by atoms with Gasteiger partial charge >= 0.3 is 0 Å². The van der Waals surface area contributed by atoms with Gasteiger partial charge in [0.15, 0.2) is 0 Å². The van der Waals surface area contributed by atoms with E-state index in [4.69, 9.17) is 5.73 Å². The molecule has 0 amide bonds. The average molecular weight is 252 g/mol. The molecule has 0 aliphatic heterocycles. The molecule has 0 radical (unpaired) electrons. The van der Waals surface area contributed by atoms with Crippen LogP contribution in [0, 0.1) is 0 Å².